The molecule has 0 aromatic carbocycles. The van der Waals surface area contributed by atoms with Gasteiger partial charge in [-0.05, 0) is 25.8 Å². The second kappa shape index (κ2) is 7.04. The van der Waals surface area contributed by atoms with E-state index in [1.165, 1.54) is 27.0 Å². The van der Waals surface area contributed by atoms with Gasteiger partial charge in [0.25, 0.3) is 10.0 Å². The number of rotatable bonds is 3. The Morgan fingerprint density at radius 3 is 2.61 bits per heavy atom. The zero-order valence-electron chi connectivity index (χ0n) is 12.4. The molecule has 2 aromatic rings. The van der Waals surface area contributed by atoms with Crippen molar-refractivity contribution < 1.29 is 13.5 Å². The number of hydrogen-bond donors (Lipinski definition) is 2. The van der Waals surface area contributed by atoms with Crippen LogP contribution in [0.2, 0.25) is 0 Å². The monoisotopic (exact) mass is 395 g/mol. The lowest BCUT2D eigenvalue weighted by molar-refractivity contribution is 0.113. The summed E-state index contributed by atoms with van der Waals surface area (Å²) in [5.74, 6) is 0. The SMILES string of the molecule is Cc1nc(N)sc1-c1csc(S(=O)(=O)N2CCC(O)CC2)c1.Cl. The molecule has 3 heterocycles. The number of halogens is 1. The third kappa shape index (κ3) is 3.70. The van der Waals surface area contributed by atoms with Crippen LogP contribution in [0.4, 0.5) is 5.13 Å². The topological polar surface area (TPSA) is 96.5 Å². The summed E-state index contributed by atoms with van der Waals surface area (Å²) in [6.07, 6.45) is 0.581. The molecule has 0 spiro atoms. The number of hydrogen-bond acceptors (Lipinski definition) is 7. The fourth-order valence-electron chi connectivity index (χ4n) is 2.47. The lowest BCUT2D eigenvalue weighted by Crippen LogP contribution is -2.39. The van der Waals surface area contributed by atoms with Crippen molar-refractivity contribution >= 4 is 50.2 Å². The average Bonchev–Trinajstić information content (AvgIpc) is 3.06. The number of aromatic nitrogens is 1. The molecule has 1 aliphatic heterocycles. The molecule has 23 heavy (non-hydrogen) atoms. The van der Waals surface area contributed by atoms with Gasteiger partial charge in [-0.1, -0.05) is 11.3 Å². The van der Waals surface area contributed by atoms with Gasteiger partial charge >= 0.3 is 0 Å². The minimum atomic E-state index is -3.48. The number of sulfonamides is 1. The molecule has 1 fully saturated rings. The lowest BCUT2D eigenvalue weighted by atomic mass is 10.1. The molecule has 1 saturated heterocycles. The van der Waals surface area contributed by atoms with E-state index >= 15 is 0 Å². The molecule has 6 nitrogen and oxygen atoms in total. The van der Waals surface area contributed by atoms with Crippen LogP contribution in [-0.4, -0.2) is 42.0 Å². The standard InChI is InChI=1S/C13H17N3O3S3.ClH/c1-8-12(21-13(14)15-8)9-6-11(20-7-9)22(18,19)16-4-2-10(17)3-5-16;/h6-7,10,17H,2-5H2,1H3,(H2,14,15);1H. The highest BCUT2D eigenvalue weighted by Crippen LogP contribution is 2.36. The molecular weight excluding hydrogens is 378 g/mol. The first-order valence-electron chi connectivity index (χ1n) is 6.88. The van der Waals surface area contributed by atoms with Crippen LogP contribution in [0.5, 0.6) is 0 Å². The first kappa shape index (κ1) is 18.6. The van der Waals surface area contributed by atoms with Crippen LogP contribution in [0, 0.1) is 6.92 Å². The number of anilines is 1. The highest BCUT2D eigenvalue weighted by molar-refractivity contribution is 7.91. The van der Waals surface area contributed by atoms with Crippen LogP contribution >= 0.6 is 35.1 Å². The molecule has 128 valence electrons. The van der Waals surface area contributed by atoms with E-state index in [9.17, 15) is 13.5 Å². The van der Waals surface area contributed by atoms with Crippen molar-refractivity contribution in [3.05, 3.63) is 17.1 Å². The number of thiazole rings is 1. The van der Waals surface area contributed by atoms with Gasteiger partial charge in [0.2, 0.25) is 0 Å². The number of thiophene rings is 1. The second-order valence-electron chi connectivity index (χ2n) is 5.26. The summed E-state index contributed by atoms with van der Waals surface area (Å²) in [6, 6.07) is 1.69. The fraction of sp³-hybridized carbons (Fsp3) is 0.462. The molecule has 0 radical (unpaired) electrons. The zero-order chi connectivity index (χ0) is 15.9. The summed E-state index contributed by atoms with van der Waals surface area (Å²) < 4.78 is 27.1. The molecule has 0 bridgehead atoms. The number of aryl methyl sites for hydroxylation is 1. The number of piperidine rings is 1. The van der Waals surface area contributed by atoms with Crippen LogP contribution in [0.1, 0.15) is 18.5 Å². The average molecular weight is 396 g/mol. The summed E-state index contributed by atoms with van der Waals surface area (Å²) in [5.41, 5.74) is 7.35. The largest absolute Gasteiger partial charge is 0.393 e. The van der Waals surface area contributed by atoms with E-state index in [0.29, 0.717) is 35.3 Å². The number of nitrogens with two attached hydrogens (primary N) is 1. The first-order chi connectivity index (χ1) is 10.4. The van der Waals surface area contributed by atoms with E-state index in [2.05, 4.69) is 4.98 Å². The predicted molar refractivity (Wildman–Crippen MR) is 95.8 cm³/mol. The quantitative estimate of drug-likeness (QED) is 0.831. The Hall–Kier alpha value is -0.710. The molecule has 3 rings (SSSR count). The van der Waals surface area contributed by atoms with Crippen molar-refractivity contribution in [2.24, 2.45) is 0 Å². The van der Waals surface area contributed by atoms with Gasteiger partial charge in [0.05, 0.1) is 16.7 Å². The summed E-state index contributed by atoms with van der Waals surface area (Å²) in [5, 5.41) is 11.8. The van der Waals surface area contributed by atoms with E-state index < -0.39 is 16.1 Å². The van der Waals surface area contributed by atoms with Gasteiger partial charge in [0, 0.05) is 24.0 Å². The Bertz CT molecular complexity index is 779. The molecular formula is C13H18ClN3O3S3. The maximum absolute atomic E-state index is 12.6. The van der Waals surface area contributed by atoms with Crippen LogP contribution < -0.4 is 5.73 Å². The van der Waals surface area contributed by atoms with Gasteiger partial charge in [-0.15, -0.1) is 23.7 Å². The number of aliphatic hydroxyl groups excluding tert-OH is 1. The zero-order valence-corrected chi connectivity index (χ0v) is 15.7. The lowest BCUT2D eigenvalue weighted by Gasteiger charge is -2.28. The summed E-state index contributed by atoms with van der Waals surface area (Å²) in [4.78, 5) is 5.08. The minimum absolute atomic E-state index is 0. The van der Waals surface area contributed by atoms with E-state index in [-0.39, 0.29) is 12.4 Å². The van der Waals surface area contributed by atoms with Crippen molar-refractivity contribution in [2.75, 3.05) is 18.8 Å². The van der Waals surface area contributed by atoms with E-state index in [4.69, 9.17) is 5.73 Å². The summed E-state index contributed by atoms with van der Waals surface area (Å²) >= 11 is 2.57. The Balaban J connectivity index is 0.00000192. The summed E-state index contributed by atoms with van der Waals surface area (Å²) in [7, 11) is -3.48. The van der Waals surface area contributed by atoms with Gasteiger partial charge in [-0.2, -0.15) is 4.31 Å². The van der Waals surface area contributed by atoms with E-state index in [1.807, 2.05) is 12.3 Å². The minimum Gasteiger partial charge on any atom is -0.393 e. The molecule has 0 saturated carbocycles. The molecule has 0 unspecified atom stereocenters. The van der Waals surface area contributed by atoms with Crippen LogP contribution in [-0.2, 0) is 10.0 Å². The van der Waals surface area contributed by atoms with Crippen LogP contribution in [0.25, 0.3) is 10.4 Å². The molecule has 0 aliphatic carbocycles. The van der Waals surface area contributed by atoms with E-state index in [0.717, 1.165) is 16.1 Å². The highest BCUT2D eigenvalue weighted by atomic mass is 35.5. The molecule has 10 heteroatoms. The molecule has 0 amide bonds. The third-order valence-corrected chi connectivity index (χ3v) is 8.02. The fourth-order valence-corrected chi connectivity index (χ4v) is 6.15. The molecule has 3 N–H and O–H groups in total. The second-order valence-corrected chi connectivity index (χ2v) is 9.36. The van der Waals surface area contributed by atoms with Crippen molar-refractivity contribution in [3.8, 4) is 10.4 Å². The molecule has 2 aromatic heterocycles. The smallest absolute Gasteiger partial charge is 0.252 e. The van der Waals surface area contributed by atoms with E-state index in [1.54, 1.807) is 6.07 Å². The predicted octanol–water partition coefficient (Wildman–Crippen LogP) is 2.33. The van der Waals surface area contributed by atoms with Gasteiger partial charge < -0.3 is 10.8 Å². The third-order valence-electron chi connectivity index (χ3n) is 3.67. The maximum atomic E-state index is 12.6. The van der Waals surface area contributed by atoms with Crippen molar-refractivity contribution in [1.82, 2.24) is 9.29 Å². The Kier molecular flexibility index (Phi) is 5.70. The summed E-state index contributed by atoms with van der Waals surface area (Å²) in [6.45, 7) is 2.59. The van der Waals surface area contributed by atoms with Crippen molar-refractivity contribution in [3.63, 3.8) is 0 Å². The van der Waals surface area contributed by atoms with Gasteiger partial charge in [0.15, 0.2) is 5.13 Å². The first-order valence-corrected chi connectivity index (χ1v) is 10.0. The van der Waals surface area contributed by atoms with Gasteiger partial charge in [-0.25, -0.2) is 13.4 Å². The maximum Gasteiger partial charge on any atom is 0.252 e. The van der Waals surface area contributed by atoms with Crippen molar-refractivity contribution in [2.45, 2.75) is 30.1 Å². The van der Waals surface area contributed by atoms with Gasteiger partial charge in [0.1, 0.15) is 4.21 Å². The highest BCUT2D eigenvalue weighted by Gasteiger charge is 2.30. The number of aliphatic hydroxyl groups is 1. The number of nitrogens with zero attached hydrogens (tertiary/aromatic N) is 2. The van der Waals surface area contributed by atoms with Crippen LogP contribution in [0.15, 0.2) is 15.7 Å². The van der Waals surface area contributed by atoms with Crippen molar-refractivity contribution in [1.29, 1.82) is 0 Å². The Labute approximate surface area is 149 Å². The Morgan fingerprint density at radius 1 is 1.39 bits per heavy atom. The molecule has 1 aliphatic rings. The normalized spacial score (nSPS) is 17.1. The van der Waals surface area contributed by atoms with Crippen LogP contribution in [0.3, 0.4) is 0 Å². The Morgan fingerprint density at radius 2 is 2.04 bits per heavy atom. The number of nitrogen functional groups attached to an aromatic ring is 1. The molecule has 0 atom stereocenters. The van der Waals surface area contributed by atoms with Gasteiger partial charge in [-0.3, -0.25) is 0 Å².